The molecule has 0 fully saturated rings. The van der Waals surface area contributed by atoms with Crippen LogP contribution >= 0.6 is 0 Å². The Morgan fingerprint density at radius 3 is 2.45 bits per heavy atom. The molecule has 20 heavy (non-hydrogen) atoms. The van der Waals surface area contributed by atoms with Gasteiger partial charge in [0, 0.05) is 13.6 Å². The molecule has 0 heterocycles. The second-order valence-corrected chi connectivity index (χ2v) is 6.63. The lowest BCUT2D eigenvalue weighted by Crippen LogP contribution is -2.33. The average Bonchev–Trinajstić information content (AvgIpc) is 2.36. The molecular formula is C13H19NO5S. The molecule has 7 heteroatoms. The predicted octanol–water partition coefficient (Wildman–Crippen LogP) is 0.949. The Morgan fingerprint density at radius 2 is 2.00 bits per heavy atom. The number of hydrogen-bond donors (Lipinski definition) is 2. The van der Waals surface area contributed by atoms with Crippen molar-refractivity contribution < 1.29 is 23.4 Å². The molecule has 0 aliphatic heterocycles. The van der Waals surface area contributed by atoms with Gasteiger partial charge in [-0.1, -0.05) is 13.0 Å². The number of carboxylic acid groups (broad SMARTS) is 1. The summed E-state index contributed by atoms with van der Waals surface area (Å²) < 4.78 is 25.9. The van der Waals surface area contributed by atoms with Gasteiger partial charge in [-0.15, -0.1) is 0 Å². The Labute approximate surface area is 118 Å². The van der Waals surface area contributed by atoms with Crippen LogP contribution < -0.4 is 0 Å². The summed E-state index contributed by atoms with van der Waals surface area (Å²) in [5.74, 6) is -1.18. The first-order chi connectivity index (χ1) is 9.20. The molecule has 0 aliphatic rings. The van der Waals surface area contributed by atoms with E-state index in [0.717, 1.165) is 10.4 Å². The van der Waals surface area contributed by atoms with Crippen LogP contribution in [0.3, 0.4) is 0 Å². The quantitative estimate of drug-likeness (QED) is 0.815. The van der Waals surface area contributed by atoms with E-state index in [1.54, 1.807) is 6.92 Å². The van der Waals surface area contributed by atoms with Crippen molar-refractivity contribution in [2.24, 2.45) is 0 Å². The zero-order valence-corrected chi connectivity index (χ0v) is 12.5. The van der Waals surface area contributed by atoms with Gasteiger partial charge in [0.1, 0.15) is 0 Å². The van der Waals surface area contributed by atoms with E-state index in [-0.39, 0.29) is 17.0 Å². The molecule has 0 amide bonds. The molecular weight excluding hydrogens is 282 g/mol. The number of benzene rings is 1. The summed E-state index contributed by atoms with van der Waals surface area (Å²) in [5, 5.41) is 18.3. The number of aryl methyl sites for hydroxylation is 1. The molecule has 1 aromatic rings. The summed E-state index contributed by atoms with van der Waals surface area (Å²) in [5.41, 5.74) is 0.471. The molecule has 0 radical (unpaired) electrons. The van der Waals surface area contributed by atoms with Crippen molar-refractivity contribution in [1.29, 1.82) is 0 Å². The first-order valence-electron chi connectivity index (χ1n) is 6.20. The standard InChI is InChI=1S/C13H19NO5S/c1-4-10-5-6-11(13(16)17)7-12(10)20(18,19)14(3)8-9(2)15/h5-7,9,15H,4,8H2,1-3H3,(H,16,17). The molecule has 112 valence electrons. The van der Waals surface area contributed by atoms with E-state index in [1.165, 1.54) is 26.1 Å². The number of aromatic carboxylic acids is 1. The Balaban J connectivity index is 3.35. The lowest BCUT2D eigenvalue weighted by Gasteiger charge is -2.20. The molecule has 0 saturated carbocycles. The third kappa shape index (κ3) is 3.56. The zero-order valence-electron chi connectivity index (χ0n) is 11.7. The van der Waals surface area contributed by atoms with Crippen LogP contribution in [0, 0.1) is 0 Å². The highest BCUT2D eigenvalue weighted by molar-refractivity contribution is 7.89. The Hall–Kier alpha value is -1.44. The van der Waals surface area contributed by atoms with Gasteiger partial charge in [-0.2, -0.15) is 4.31 Å². The Kier molecular flexibility index (Phi) is 5.27. The maximum absolute atomic E-state index is 12.4. The van der Waals surface area contributed by atoms with Crippen molar-refractivity contribution in [3.63, 3.8) is 0 Å². The number of sulfonamides is 1. The van der Waals surface area contributed by atoms with Crippen LogP contribution in [-0.2, 0) is 16.4 Å². The number of rotatable bonds is 6. The SMILES string of the molecule is CCc1ccc(C(=O)O)cc1S(=O)(=O)N(C)CC(C)O. The summed E-state index contributed by atoms with van der Waals surface area (Å²) in [4.78, 5) is 11.0. The topological polar surface area (TPSA) is 94.9 Å². The Morgan fingerprint density at radius 1 is 1.40 bits per heavy atom. The van der Waals surface area contributed by atoms with Gasteiger partial charge in [-0.25, -0.2) is 13.2 Å². The van der Waals surface area contributed by atoms with E-state index in [2.05, 4.69) is 0 Å². The summed E-state index contributed by atoms with van der Waals surface area (Å²) in [6.07, 6.45) is -0.334. The molecule has 2 N–H and O–H groups in total. The minimum atomic E-state index is -3.82. The number of hydrogen-bond acceptors (Lipinski definition) is 4. The smallest absolute Gasteiger partial charge is 0.335 e. The lowest BCUT2D eigenvalue weighted by molar-refractivity contribution is 0.0696. The summed E-state index contributed by atoms with van der Waals surface area (Å²) in [7, 11) is -2.47. The van der Waals surface area contributed by atoms with Crippen LogP contribution in [0.15, 0.2) is 23.1 Å². The van der Waals surface area contributed by atoms with Crippen LogP contribution in [0.2, 0.25) is 0 Å². The van der Waals surface area contributed by atoms with Gasteiger partial charge in [0.2, 0.25) is 10.0 Å². The number of aliphatic hydroxyl groups is 1. The number of likely N-dealkylation sites (N-methyl/N-ethyl adjacent to an activating group) is 1. The minimum Gasteiger partial charge on any atom is -0.478 e. The molecule has 6 nitrogen and oxygen atoms in total. The fourth-order valence-electron chi connectivity index (χ4n) is 1.86. The molecule has 1 aromatic carbocycles. The van der Waals surface area contributed by atoms with E-state index < -0.39 is 22.1 Å². The second kappa shape index (κ2) is 6.34. The highest BCUT2D eigenvalue weighted by Gasteiger charge is 2.25. The van der Waals surface area contributed by atoms with E-state index in [0.29, 0.717) is 12.0 Å². The average molecular weight is 301 g/mol. The first-order valence-corrected chi connectivity index (χ1v) is 7.64. The molecule has 1 unspecified atom stereocenters. The fourth-order valence-corrected chi connectivity index (χ4v) is 3.43. The van der Waals surface area contributed by atoms with E-state index in [1.807, 2.05) is 0 Å². The van der Waals surface area contributed by atoms with E-state index in [4.69, 9.17) is 5.11 Å². The monoisotopic (exact) mass is 301 g/mol. The van der Waals surface area contributed by atoms with Crippen molar-refractivity contribution in [1.82, 2.24) is 4.31 Å². The third-order valence-electron chi connectivity index (χ3n) is 2.90. The number of carboxylic acids is 1. The van der Waals surface area contributed by atoms with Crippen molar-refractivity contribution in [3.05, 3.63) is 29.3 Å². The zero-order chi connectivity index (χ0) is 15.5. The van der Waals surface area contributed by atoms with Gasteiger partial charge in [-0.3, -0.25) is 0 Å². The maximum Gasteiger partial charge on any atom is 0.335 e. The predicted molar refractivity (Wildman–Crippen MR) is 74.3 cm³/mol. The van der Waals surface area contributed by atoms with Crippen molar-refractivity contribution in [2.45, 2.75) is 31.3 Å². The normalized spacial score (nSPS) is 13.4. The van der Waals surface area contributed by atoms with Gasteiger partial charge in [0.15, 0.2) is 0 Å². The van der Waals surface area contributed by atoms with E-state index >= 15 is 0 Å². The van der Waals surface area contributed by atoms with Crippen molar-refractivity contribution >= 4 is 16.0 Å². The molecule has 1 atom stereocenters. The second-order valence-electron chi connectivity index (χ2n) is 4.62. The van der Waals surface area contributed by atoms with Crippen LogP contribution in [0.5, 0.6) is 0 Å². The van der Waals surface area contributed by atoms with E-state index in [9.17, 15) is 18.3 Å². The van der Waals surface area contributed by atoms with Gasteiger partial charge in [-0.05, 0) is 31.0 Å². The van der Waals surface area contributed by atoms with Crippen LogP contribution in [0.4, 0.5) is 0 Å². The summed E-state index contributed by atoms with van der Waals surface area (Å²) in [6, 6.07) is 4.05. The van der Waals surface area contributed by atoms with Crippen LogP contribution in [0.25, 0.3) is 0 Å². The molecule has 1 rings (SSSR count). The van der Waals surface area contributed by atoms with Gasteiger partial charge in [0.05, 0.1) is 16.6 Å². The number of nitrogens with zero attached hydrogens (tertiary/aromatic N) is 1. The molecule has 0 spiro atoms. The van der Waals surface area contributed by atoms with Crippen LogP contribution in [-0.4, -0.2) is 48.6 Å². The number of carbonyl (C=O) groups is 1. The highest BCUT2D eigenvalue weighted by atomic mass is 32.2. The molecule has 0 saturated heterocycles. The molecule has 0 aliphatic carbocycles. The maximum atomic E-state index is 12.4. The van der Waals surface area contributed by atoms with Gasteiger partial charge in [0.25, 0.3) is 0 Å². The summed E-state index contributed by atoms with van der Waals surface area (Å²) in [6.45, 7) is 3.23. The lowest BCUT2D eigenvalue weighted by atomic mass is 10.1. The first kappa shape index (κ1) is 16.6. The third-order valence-corrected chi connectivity index (χ3v) is 4.81. The minimum absolute atomic E-state index is 0.0250. The molecule has 0 bridgehead atoms. The van der Waals surface area contributed by atoms with Crippen molar-refractivity contribution in [2.75, 3.05) is 13.6 Å². The highest BCUT2D eigenvalue weighted by Crippen LogP contribution is 2.22. The number of aliphatic hydroxyl groups excluding tert-OH is 1. The van der Waals surface area contributed by atoms with Crippen molar-refractivity contribution in [3.8, 4) is 0 Å². The van der Waals surface area contributed by atoms with Crippen LogP contribution in [0.1, 0.15) is 29.8 Å². The molecule has 0 aromatic heterocycles. The van der Waals surface area contributed by atoms with Gasteiger partial charge >= 0.3 is 5.97 Å². The summed E-state index contributed by atoms with van der Waals surface area (Å²) >= 11 is 0. The fraction of sp³-hybridized carbons (Fsp3) is 0.462. The Bertz CT molecular complexity index is 595. The largest absolute Gasteiger partial charge is 0.478 e. The van der Waals surface area contributed by atoms with Gasteiger partial charge < -0.3 is 10.2 Å².